The minimum Gasteiger partial charge on any atom is -0.390 e. The van der Waals surface area contributed by atoms with Crippen LogP contribution in [0.4, 0.5) is 8.78 Å². The molecule has 0 aliphatic carbocycles. The maximum atomic E-state index is 13.1. The SMILES string of the molecule is O=C(CC(NC(=O)c1ccccc1)c1ccccc1)NCC(F)(F)CO. The second-order valence-electron chi connectivity index (χ2n) is 5.80. The zero-order valence-electron chi connectivity index (χ0n) is 14.0. The van der Waals surface area contributed by atoms with Gasteiger partial charge in [-0.15, -0.1) is 0 Å². The van der Waals surface area contributed by atoms with Crippen molar-refractivity contribution in [2.75, 3.05) is 13.2 Å². The van der Waals surface area contributed by atoms with E-state index in [0.29, 0.717) is 11.1 Å². The topological polar surface area (TPSA) is 78.4 Å². The highest BCUT2D eigenvalue weighted by Gasteiger charge is 2.29. The highest BCUT2D eigenvalue weighted by atomic mass is 19.3. The molecule has 2 rings (SSSR count). The van der Waals surface area contributed by atoms with Crippen molar-refractivity contribution in [3.63, 3.8) is 0 Å². The fraction of sp³-hybridized carbons (Fsp3) is 0.263. The first kappa shape index (κ1) is 19.5. The summed E-state index contributed by atoms with van der Waals surface area (Å²) < 4.78 is 26.1. The summed E-state index contributed by atoms with van der Waals surface area (Å²) in [4.78, 5) is 24.4. The number of amides is 2. The number of benzene rings is 2. The molecule has 1 atom stereocenters. The molecule has 7 heteroatoms. The zero-order valence-corrected chi connectivity index (χ0v) is 14.0. The van der Waals surface area contributed by atoms with Crippen molar-refractivity contribution in [3.05, 3.63) is 71.8 Å². The number of alkyl halides is 2. The van der Waals surface area contributed by atoms with Gasteiger partial charge in [0.15, 0.2) is 0 Å². The van der Waals surface area contributed by atoms with Crippen LogP contribution in [-0.2, 0) is 4.79 Å². The summed E-state index contributed by atoms with van der Waals surface area (Å²) in [5, 5.41) is 13.4. The molecule has 26 heavy (non-hydrogen) atoms. The molecule has 0 aromatic heterocycles. The molecule has 1 unspecified atom stereocenters. The molecular formula is C19H20F2N2O3. The molecule has 2 aromatic carbocycles. The van der Waals surface area contributed by atoms with Crippen LogP contribution in [0.1, 0.15) is 28.4 Å². The number of carbonyl (C=O) groups excluding carboxylic acids is 2. The van der Waals surface area contributed by atoms with Gasteiger partial charge in [0, 0.05) is 5.56 Å². The molecule has 0 aliphatic heterocycles. The second-order valence-corrected chi connectivity index (χ2v) is 5.80. The molecule has 2 aromatic rings. The van der Waals surface area contributed by atoms with Gasteiger partial charge in [-0.05, 0) is 17.7 Å². The van der Waals surface area contributed by atoms with E-state index in [0.717, 1.165) is 0 Å². The van der Waals surface area contributed by atoms with Gasteiger partial charge in [0.1, 0.15) is 6.61 Å². The van der Waals surface area contributed by atoms with Gasteiger partial charge in [0.2, 0.25) is 5.91 Å². The lowest BCUT2D eigenvalue weighted by atomic mass is 10.0. The average Bonchev–Trinajstić information content (AvgIpc) is 2.67. The molecule has 0 fully saturated rings. The van der Waals surface area contributed by atoms with Crippen LogP contribution in [0.2, 0.25) is 0 Å². The van der Waals surface area contributed by atoms with E-state index in [1.807, 2.05) is 0 Å². The summed E-state index contributed by atoms with van der Waals surface area (Å²) in [6, 6.07) is 16.6. The first-order valence-electron chi connectivity index (χ1n) is 8.07. The van der Waals surface area contributed by atoms with Crippen molar-refractivity contribution in [3.8, 4) is 0 Å². The van der Waals surface area contributed by atoms with Crippen LogP contribution in [0, 0.1) is 0 Å². The average molecular weight is 362 g/mol. The van der Waals surface area contributed by atoms with Crippen LogP contribution >= 0.6 is 0 Å². The maximum absolute atomic E-state index is 13.1. The quantitative estimate of drug-likeness (QED) is 0.674. The minimum absolute atomic E-state index is 0.204. The zero-order chi connectivity index (χ0) is 19.0. The van der Waals surface area contributed by atoms with Crippen LogP contribution in [0.3, 0.4) is 0 Å². The van der Waals surface area contributed by atoms with Crippen molar-refractivity contribution in [2.24, 2.45) is 0 Å². The van der Waals surface area contributed by atoms with Crippen LogP contribution in [0.5, 0.6) is 0 Å². The molecule has 0 saturated heterocycles. The number of nitrogens with one attached hydrogen (secondary N) is 2. The van der Waals surface area contributed by atoms with Crippen molar-refractivity contribution < 1.29 is 23.5 Å². The van der Waals surface area contributed by atoms with E-state index >= 15 is 0 Å². The summed E-state index contributed by atoms with van der Waals surface area (Å²) in [5.74, 6) is -4.40. The Morgan fingerprint density at radius 2 is 1.58 bits per heavy atom. The predicted molar refractivity (Wildman–Crippen MR) is 92.8 cm³/mol. The number of rotatable bonds is 8. The lowest BCUT2D eigenvalue weighted by Gasteiger charge is -2.20. The number of aliphatic hydroxyl groups is 1. The Hall–Kier alpha value is -2.80. The first-order valence-corrected chi connectivity index (χ1v) is 8.07. The van der Waals surface area contributed by atoms with Crippen LogP contribution < -0.4 is 10.6 Å². The minimum atomic E-state index is -3.38. The normalized spacial score (nSPS) is 12.3. The van der Waals surface area contributed by atoms with Crippen molar-refractivity contribution in [1.82, 2.24) is 10.6 Å². The smallest absolute Gasteiger partial charge is 0.287 e. The predicted octanol–water partition coefficient (Wildman–Crippen LogP) is 2.29. The Bertz CT molecular complexity index is 724. The third-order valence-corrected chi connectivity index (χ3v) is 3.71. The molecule has 2 amide bonds. The monoisotopic (exact) mass is 362 g/mol. The first-order chi connectivity index (χ1) is 12.4. The highest BCUT2D eigenvalue weighted by molar-refractivity contribution is 5.94. The van der Waals surface area contributed by atoms with Crippen LogP contribution in [0.15, 0.2) is 60.7 Å². The summed E-state index contributed by atoms with van der Waals surface area (Å²) in [6.07, 6.45) is -0.204. The molecule has 0 radical (unpaired) electrons. The Morgan fingerprint density at radius 3 is 2.15 bits per heavy atom. The van der Waals surface area contributed by atoms with E-state index in [2.05, 4.69) is 10.6 Å². The van der Waals surface area contributed by atoms with Gasteiger partial charge in [0.05, 0.1) is 19.0 Å². The van der Waals surface area contributed by atoms with Gasteiger partial charge in [-0.2, -0.15) is 0 Å². The van der Waals surface area contributed by atoms with E-state index in [4.69, 9.17) is 5.11 Å². The lowest BCUT2D eigenvalue weighted by molar-refractivity contribution is -0.124. The molecule has 138 valence electrons. The fourth-order valence-corrected chi connectivity index (χ4v) is 2.31. The Labute approximate surface area is 150 Å². The van der Waals surface area contributed by atoms with Gasteiger partial charge >= 0.3 is 0 Å². The lowest BCUT2D eigenvalue weighted by Crippen LogP contribution is -2.40. The number of hydrogen-bond acceptors (Lipinski definition) is 3. The second kappa shape index (κ2) is 9.05. The molecule has 5 nitrogen and oxygen atoms in total. The van der Waals surface area contributed by atoms with Crippen LogP contribution in [0.25, 0.3) is 0 Å². The van der Waals surface area contributed by atoms with Crippen molar-refractivity contribution in [2.45, 2.75) is 18.4 Å². The number of carbonyl (C=O) groups is 2. The van der Waals surface area contributed by atoms with Crippen molar-refractivity contribution >= 4 is 11.8 Å². The van der Waals surface area contributed by atoms with Gasteiger partial charge in [-0.3, -0.25) is 9.59 Å². The molecule has 0 aliphatic rings. The molecular weight excluding hydrogens is 342 g/mol. The Morgan fingerprint density at radius 1 is 1.00 bits per heavy atom. The Balaban J connectivity index is 2.07. The molecule has 0 spiro atoms. The van der Waals surface area contributed by atoms with Gasteiger partial charge in [0.25, 0.3) is 11.8 Å². The number of hydrogen-bond donors (Lipinski definition) is 3. The summed E-state index contributed by atoms with van der Waals surface area (Å²) in [7, 11) is 0. The third-order valence-electron chi connectivity index (χ3n) is 3.71. The van der Waals surface area contributed by atoms with Crippen LogP contribution in [-0.4, -0.2) is 36.0 Å². The largest absolute Gasteiger partial charge is 0.390 e. The third kappa shape index (κ3) is 5.93. The molecule has 0 bridgehead atoms. The molecule has 0 saturated carbocycles. The standard InChI is InChI=1S/C19H20F2N2O3/c20-19(21,13-24)12-22-17(25)11-16(14-7-3-1-4-8-14)23-18(26)15-9-5-2-6-10-15/h1-10,16,24H,11-13H2,(H,22,25)(H,23,26). The highest BCUT2D eigenvalue weighted by Crippen LogP contribution is 2.18. The van der Waals surface area contributed by atoms with E-state index in [1.165, 1.54) is 0 Å². The summed E-state index contributed by atoms with van der Waals surface area (Å²) in [6.45, 7) is -2.31. The number of aliphatic hydroxyl groups excluding tert-OH is 1. The maximum Gasteiger partial charge on any atom is 0.287 e. The molecule has 0 heterocycles. The summed E-state index contributed by atoms with van der Waals surface area (Å²) >= 11 is 0. The van der Waals surface area contributed by atoms with Gasteiger partial charge in [-0.25, -0.2) is 8.78 Å². The molecule has 3 N–H and O–H groups in total. The van der Waals surface area contributed by atoms with Gasteiger partial charge < -0.3 is 15.7 Å². The van der Waals surface area contributed by atoms with E-state index in [1.54, 1.807) is 60.7 Å². The summed E-state index contributed by atoms with van der Waals surface area (Å²) in [5.41, 5.74) is 1.11. The number of halogens is 2. The van der Waals surface area contributed by atoms with Gasteiger partial charge in [-0.1, -0.05) is 48.5 Å². The Kier molecular flexibility index (Phi) is 6.80. The van der Waals surface area contributed by atoms with E-state index in [9.17, 15) is 18.4 Å². The van der Waals surface area contributed by atoms with E-state index < -0.39 is 31.0 Å². The fourth-order valence-electron chi connectivity index (χ4n) is 2.31. The van der Waals surface area contributed by atoms with E-state index in [-0.39, 0.29) is 12.3 Å². The van der Waals surface area contributed by atoms with Crippen molar-refractivity contribution in [1.29, 1.82) is 0 Å².